The van der Waals surface area contributed by atoms with Crippen molar-refractivity contribution in [1.29, 1.82) is 0 Å². The fraction of sp³-hybridized carbons (Fsp3) is 0.615. The average Bonchev–Trinajstić information content (AvgIpc) is 2.88. The van der Waals surface area contributed by atoms with Crippen LogP contribution in [0.3, 0.4) is 0 Å². The minimum absolute atomic E-state index is 0.152. The lowest BCUT2D eigenvalue weighted by Gasteiger charge is -2.24. The fourth-order valence-electron chi connectivity index (χ4n) is 1.98. The van der Waals surface area contributed by atoms with Crippen molar-refractivity contribution in [2.45, 2.75) is 44.6 Å². The molecule has 1 aromatic heterocycles. The third-order valence-corrected chi connectivity index (χ3v) is 3.16. The molecule has 1 radical (unpaired) electrons. The van der Waals surface area contributed by atoms with Crippen LogP contribution in [0.15, 0.2) is 23.0 Å². The minimum Gasteiger partial charge on any atom is -0.472 e. The third kappa shape index (κ3) is 2.63. The molecule has 2 heterocycles. The second kappa shape index (κ2) is 4.40. The summed E-state index contributed by atoms with van der Waals surface area (Å²) in [6, 6.07) is 2.04. The summed E-state index contributed by atoms with van der Waals surface area (Å²) in [5, 5.41) is 0. The van der Waals surface area contributed by atoms with E-state index in [-0.39, 0.29) is 5.41 Å². The Hall–Kier alpha value is -0.760. The summed E-state index contributed by atoms with van der Waals surface area (Å²) < 4.78 is 10.7. The summed E-state index contributed by atoms with van der Waals surface area (Å²) >= 11 is 0. The van der Waals surface area contributed by atoms with Gasteiger partial charge in [-0.05, 0) is 42.7 Å². The highest BCUT2D eigenvalue weighted by atomic mass is 16.5. The first kappa shape index (κ1) is 10.7. The minimum atomic E-state index is 0.152. The summed E-state index contributed by atoms with van der Waals surface area (Å²) in [4.78, 5) is 0. The zero-order valence-corrected chi connectivity index (χ0v) is 9.53. The molecule has 1 aromatic rings. The van der Waals surface area contributed by atoms with Gasteiger partial charge in [0.2, 0.25) is 0 Å². The summed E-state index contributed by atoms with van der Waals surface area (Å²) in [5.41, 5.74) is 1.41. The van der Waals surface area contributed by atoms with Gasteiger partial charge in [-0.15, -0.1) is 0 Å². The van der Waals surface area contributed by atoms with Crippen LogP contribution in [0.4, 0.5) is 0 Å². The molecular formula is C13H19O2. The summed E-state index contributed by atoms with van der Waals surface area (Å²) in [7, 11) is 0. The van der Waals surface area contributed by atoms with Crippen molar-refractivity contribution in [3.63, 3.8) is 0 Å². The highest BCUT2D eigenvalue weighted by Gasteiger charge is 2.25. The van der Waals surface area contributed by atoms with E-state index in [1.165, 1.54) is 18.4 Å². The largest absolute Gasteiger partial charge is 0.472 e. The predicted molar refractivity (Wildman–Crippen MR) is 59.6 cm³/mol. The van der Waals surface area contributed by atoms with Crippen LogP contribution in [0.5, 0.6) is 0 Å². The first-order valence-corrected chi connectivity index (χ1v) is 5.66. The van der Waals surface area contributed by atoms with Crippen LogP contribution >= 0.6 is 0 Å². The summed E-state index contributed by atoms with van der Waals surface area (Å²) in [5.74, 6) is 0. The molecule has 0 aromatic carbocycles. The van der Waals surface area contributed by atoms with Crippen molar-refractivity contribution in [3.8, 4) is 0 Å². The molecule has 2 rings (SSSR count). The Kier molecular flexibility index (Phi) is 3.15. The number of furan rings is 1. The Balaban J connectivity index is 1.87. The molecule has 0 amide bonds. The van der Waals surface area contributed by atoms with Gasteiger partial charge in [-0.2, -0.15) is 0 Å². The van der Waals surface area contributed by atoms with Crippen LogP contribution in [0, 0.1) is 6.42 Å². The number of hydrogen-bond acceptors (Lipinski definition) is 2. The Morgan fingerprint density at radius 1 is 1.53 bits per heavy atom. The average molecular weight is 207 g/mol. The molecule has 1 fully saturated rings. The van der Waals surface area contributed by atoms with Gasteiger partial charge in [0.1, 0.15) is 0 Å². The van der Waals surface area contributed by atoms with Crippen LogP contribution in [0.1, 0.15) is 38.7 Å². The molecule has 0 N–H and O–H groups in total. The zero-order chi connectivity index (χ0) is 10.7. The molecular weight excluding hydrogens is 188 g/mol. The molecule has 15 heavy (non-hydrogen) atoms. The van der Waals surface area contributed by atoms with Crippen molar-refractivity contribution in [2.75, 3.05) is 6.61 Å². The first-order valence-electron chi connectivity index (χ1n) is 5.66. The van der Waals surface area contributed by atoms with Gasteiger partial charge >= 0.3 is 0 Å². The van der Waals surface area contributed by atoms with Gasteiger partial charge in [0, 0.05) is 6.61 Å². The first-order chi connectivity index (χ1) is 7.18. The lowest BCUT2D eigenvalue weighted by Crippen LogP contribution is -2.19. The van der Waals surface area contributed by atoms with Crippen molar-refractivity contribution in [3.05, 3.63) is 30.6 Å². The molecule has 1 aliphatic rings. The Morgan fingerprint density at radius 3 is 3.00 bits per heavy atom. The van der Waals surface area contributed by atoms with E-state index in [0.717, 1.165) is 13.0 Å². The Labute approximate surface area is 91.6 Å². The molecule has 0 aliphatic carbocycles. The second-order valence-corrected chi connectivity index (χ2v) is 4.89. The Bertz CT molecular complexity index is 281. The van der Waals surface area contributed by atoms with E-state index in [0.29, 0.717) is 6.10 Å². The van der Waals surface area contributed by atoms with Gasteiger partial charge in [0.15, 0.2) is 0 Å². The number of hydrogen-bond donors (Lipinski definition) is 0. The molecule has 1 saturated heterocycles. The van der Waals surface area contributed by atoms with Crippen molar-refractivity contribution in [1.82, 2.24) is 0 Å². The van der Waals surface area contributed by atoms with Gasteiger partial charge in [0.25, 0.3) is 0 Å². The van der Waals surface area contributed by atoms with Crippen LogP contribution in [0.25, 0.3) is 0 Å². The van der Waals surface area contributed by atoms with E-state index in [1.54, 1.807) is 6.26 Å². The highest BCUT2D eigenvalue weighted by Crippen LogP contribution is 2.30. The molecule has 0 saturated carbocycles. The third-order valence-electron chi connectivity index (χ3n) is 3.16. The van der Waals surface area contributed by atoms with E-state index >= 15 is 0 Å². The normalized spacial score (nSPS) is 22.1. The van der Waals surface area contributed by atoms with Crippen molar-refractivity contribution >= 4 is 0 Å². The molecule has 1 atom stereocenters. The maximum atomic E-state index is 5.59. The predicted octanol–water partition coefficient (Wildman–Crippen LogP) is 3.33. The smallest absolute Gasteiger partial charge is 0.0939 e. The molecule has 0 bridgehead atoms. The van der Waals surface area contributed by atoms with Crippen LogP contribution < -0.4 is 0 Å². The Morgan fingerprint density at radius 2 is 2.40 bits per heavy atom. The maximum Gasteiger partial charge on any atom is 0.0939 e. The lowest BCUT2D eigenvalue weighted by molar-refractivity contribution is 0.129. The van der Waals surface area contributed by atoms with Gasteiger partial charge in [-0.25, -0.2) is 0 Å². The molecule has 2 nitrogen and oxygen atoms in total. The van der Waals surface area contributed by atoms with E-state index in [4.69, 9.17) is 9.15 Å². The van der Waals surface area contributed by atoms with E-state index < -0.39 is 0 Å². The monoisotopic (exact) mass is 207 g/mol. The van der Waals surface area contributed by atoms with Gasteiger partial charge in [0.05, 0.1) is 18.6 Å². The molecule has 1 unspecified atom stereocenters. The standard InChI is InChI=1S/C13H19O2/c1-13(2,11-6-9-14-10-11)7-5-12-4-3-8-15-12/h5-6,9-10,12H,3-4,7-8H2,1-2H3. The molecule has 2 heteroatoms. The van der Waals surface area contributed by atoms with E-state index in [2.05, 4.69) is 20.3 Å². The summed E-state index contributed by atoms with van der Waals surface area (Å²) in [6.45, 7) is 5.40. The van der Waals surface area contributed by atoms with Crippen molar-refractivity contribution in [2.24, 2.45) is 0 Å². The summed E-state index contributed by atoms with van der Waals surface area (Å²) in [6.07, 6.45) is 9.68. The highest BCUT2D eigenvalue weighted by molar-refractivity contribution is 5.18. The van der Waals surface area contributed by atoms with Gasteiger partial charge in [-0.3, -0.25) is 0 Å². The quantitative estimate of drug-likeness (QED) is 0.755. The topological polar surface area (TPSA) is 22.4 Å². The van der Waals surface area contributed by atoms with E-state index in [1.807, 2.05) is 12.3 Å². The molecule has 83 valence electrons. The zero-order valence-electron chi connectivity index (χ0n) is 9.53. The molecule has 1 aliphatic heterocycles. The number of ether oxygens (including phenoxy) is 1. The number of rotatable bonds is 4. The van der Waals surface area contributed by atoms with Gasteiger partial charge in [-0.1, -0.05) is 13.8 Å². The lowest BCUT2D eigenvalue weighted by atomic mass is 9.81. The second-order valence-electron chi connectivity index (χ2n) is 4.89. The van der Waals surface area contributed by atoms with E-state index in [9.17, 15) is 0 Å². The maximum absolute atomic E-state index is 5.59. The SMILES string of the molecule is CC(C)(C[CH]C1CCCO1)c1ccoc1. The van der Waals surface area contributed by atoms with Crippen LogP contribution in [0.2, 0.25) is 0 Å². The van der Waals surface area contributed by atoms with Crippen molar-refractivity contribution < 1.29 is 9.15 Å². The van der Waals surface area contributed by atoms with Gasteiger partial charge < -0.3 is 9.15 Å². The molecule has 0 spiro atoms. The van der Waals surface area contributed by atoms with Crippen LogP contribution in [-0.4, -0.2) is 12.7 Å². The van der Waals surface area contributed by atoms with Crippen LogP contribution in [-0.2, 0) is 10.2 Å². The fourth-order valence-corrected chi connectivity index (χ4v) is 1.98.